The molecule has 6 nitrogen and oxygen atoms in total. The van der Waals surface area contributed by atoms with Crippen molar-refractivity contribution in [2.75, 3.05) is 38.2 Å². The van der Waals surface area contributed by atoms with Crippen molar-refractivity contribution in [2.45, 2.75) is 31.7 Å². The fourth-order valence-electron chi connectivity index (χ4n) is 3.27. The van der Waals surface area contributed by atoms with Crippen LogP contribution in [0.1, 0.15) is 25.7 Å². The van der Waals surface area contributed by atoms with Gasteiger partial charge in [0.2, 0.25) is 11.8 Å². The summed E-state index contributed by atoms with van der Waals surface area (Å²) >= 11 is 0. The normalized spacial score (nSPS) is 21.4. The van der Waals surface area contributed by atoms with E-state index in [4.69, 9.17) is 4.74 Å². The van der Waals surface area contributed by atoms with Gasteiger partial charge in [0, 0.05) is 31.7 Å². The number of carbonyl (C=O) groups is 2. The molecule has 1 saturated carbocycles. The van der Waals surface area contributed by atoms with E-state index in [1.54, 1.807) is 0 Å². The van der Waals surface area contributed by atoms with Gasteiger partial charge in [0.1, 0.15) is 6.04 Å². The third kappa shape index (κ3) is 5.28. The maximum atomic E-state index is 12.5. The van der Waals surface area contributed by atoms with Crippen LogP contribution in [0.25, 0.3) is 0 Å². The monoisotopic (exact) mass is 345 g/mol. The second-order valence-electron chi connectivity index (χ2n) is 6.84. The SMILES string of the molecule is O=C(CCNC(=O)C1COCCN1CC1CCC1)Nc1ccccc1. The predicted octanol–water partition coefficient (Wildman–Crippen LogP) is 1.63. The molecule has 1 heterocycles. The molecule has 0 spiro atoms. The summed E-state index contributed by atoms with van der Waals surface area (Å²) in [5.41, 5.74) is 0.770. The molecule has 3 rings (SSSR count). The van der Waals surface area contributed by atoms with E-state index >= 15 is 0 Å². The first kappa shape index (κ1) is 17.9. The van der Waals surface area contributed by atoms with E-state index in [1.165, 1.54) is 19.3 Å². The molecule has 2 fully saturated rings. The number of rotatable bonds is 7. The van der Waals surface area contributed by atoms with E-state index in [0.29, 0.717) is 19.8 Å². The summed E-state index contributed by atoms with van der Waals surface area (Å²) in [6, 6.07) is 9.10. The van der Waals surface area contributed by atoms with Gasteiger partial charge in [-0.05, 0) is 30.9 Å². The van der Waals surface area contributed by atoms with E-state index in [0.717, 1.165) is 24.7 Å². The fourth-order valence-corrected chi connectivity index (χ4v) is 3.27. The van der Waals surface area contributed by atoms with Crippen LogP contribution in [0.4, 0.5) is 5.69 Å². The number of benzene rings is 1. The Hall–Kier alpha value is -1.92. The summed E-state index contributed by atoms with van der Waals surface area (Å²) in [6.45, 7) is 3.26. The van der Waals surface area contributed by atoms with E-state index in [-0.39, 0.29) is 24.3 Å². The van der Waals surface area contributed by atoms with E-state index < -0.39 is 0 Å². The topological polar surface area (TPSA) is 70.7 Å². The lowest BCUT2D eigenvalue weighted by atomic mass is 9.84. The molecule has 1 unspecified atom stereocenters. The quantitative estimate of drug-likeness (QED) is 0.788. The average molecular weight is 345 g/mol. The highest BCUT2D eigenvalue weighted by Crippen LogP contribution is 2.28. The van der Waals surface area contributed by atoms with Gasteiger partial charge in [0.15, 0.2) is 0 Å². The van der Waals surface area contributed by atoms with E-state index in [2.05, 4.69) is 15.5 Å². The molecule has 1 aliphatic heterocycles. The highest BCUT2D eigenvalue weighted by Gasteiger charge is 2.32. The molecular formula is C19H27N3O3. The second-order valence-corrected chi connectivity index (χ2v) is 6.84. The van der Waals surface area contributed by atoms with Crippen LogP contribution < -0.4 is 10.6 Å². The maximum absolute atomic E-state index is 12.5. The zero-order valence-corrected chi connectivity index (χ0v) is 14.6. The Balaban J connectivity index is 1.40. The Labute approximate surface area is 148 Å². The summed E-state index contributed by atoms with van der Waals surface area (Å²) in [5, 5.41) is 5.71. The van der Waals surface area contributed by atoms with Crippen LogP contribution in [0.3, 0.4) is 0 Å². The van der Waals surface area contributed by atoms with Gasteiger partial charge in [0.05, 0.1) is 13.2 Å². The Morgan fingerprint density at radius 1 is 1.20 bits per heavy atom. The zero-order chi connectivity index (χ0) is 17.5. The number of carbonyl (C=O) groups excluding carboxylic acids is 2. The summed E-state index contributed by atoms with van der Waals surface area (Å²) in [5.74, 6) is 0.592. The summed E-state index contributed by atoms with van der Waals surface area (Å²) in [4.78, 5) is 26.6. The van der Waals surface area contributed by atoms with Crippen molar-refractivity contribution in [3.8, 4) is 0 Å². The number of amides is 2. The van der Waals surface area contributed by atoms with Crippen LogP contribution in [-0.2, 0) is 14.3 Å². The van der Waals surface area contributed by atoms with Crippen molar-refractivity contribution < 1.29 is 14.3 Å². The first-order valence-corrected chi connectivity index (χ1v) is 9.17. The number of nitrogens with one attached hydrogen (secondary N) is 2. The van der Waals surface area contributed by atoms with Crippen LogP contribution in [0.5, 0.6) is 0 Å². The molecule has 0 bridgehead atoms. The van der Waals surface area contributed by atoms with Gasteiger partial charge in [0.25, 0.3) is 0 Å². The minimum atomic E-state index is -0.230. The molecule has 0 radical (unpaired) electrons. The number of anilines is 1. The molecule has 1 aromatic rings. The average Bonchev–Trinajstić information content (AvgIpc) is 2.59. The lowest BCUT2D eigenvalue weighted by Crippen LogP contribution is -2.55. The van der Waals surface area contributed by atoms with E-state index in [9.17, 15) is 9.59 Å². The molecule has 1 atom stereocenters. The van der Waals surface area contributed by atoms with Gasteiger partial charge in [-0.25, -0.2) is 0 Å². The Morgan fingerprint density at radius 2 is 2.00 bits per heavy atom. The minimum Gasteiger partial charge on any atom is -0.378 e. The van der Waals surface area contributed by atoms with Crippen molar-refractivity contribution in [1.82, 2.24) is 10.2 Å². The Bertz CT molecular complexity index is 575. The molecule has 2 N–H and O–H groups in total. The number of nitrogens with zero attached hydrogens (tertiary/aromatic N) is 1. The molecule has 1 aromatic carbocycles. The van der Waals surface area contributed by atoms with Crippen LogP contribution in [0.15, 0.2) is 30.3 Å². The minimum absolute atomic E-state index is 0.0356. The molecule has 0 aromatic heterocycles. The third-order valence-electron chi connectivity index (χ3n) is 4.97. The summed E-state index contributed by atoms with van der Waals surface area (Å²) in [7, 11) is 0. The zero-order valence-electron chi connectivity index (χ0n) is 14.6. The van der Waals surface area contributed by atoms with Crippen molar-refractivity contribution in [3.05, 3.63) is 30.3 Å². The molecule has 2 aliphatic rings. The first-order valence-electron chi connectivity index (χ1n) is 9.17. The standard InChI is InChI=1S/C19H27N3O3/c23-18(21-16-7-2-1-3-8-16)9-10-20-19(24)17-14-25-12-11-22(17)13-15-5-4-6-15/h1-3,7-8,15,17H,4-6,9-14H2,(H,20,24)(H,21,23). The Morgan fingerprint density at radius 3 is 2.72 bits per heavy atom. The Kier molecular flexibility index (Phi) is 6.42. The van der Waals surface area contributed by atoms with E-state index in [1.807, 2.05) is 30.3 Å². The van der Waals surface area contributed by atoms with Gasteiger partial charge < -0.3 is 15.4 Å². The number of para-hydroxylation sites is 1. The third-order valence-corrected chi connectivity index (χ3v) is 4.97. The number of morpholine rings is 1. The van der Waals surface area contributed by atoms with Crippen molar-refractivity contribution in [3.63, 3.8) is 0 Å². The highest BCUT2D eigenvalue weighted by molar-refractivity contribution is 5.91. The fraction of sp³-hybridized carbons (Fsp3) is 0.579. The molecule has 2 amide bonds. The van der Waals surface area contributed by atoms with Gasteiger partial charge >= 0.3 is 0 Å². The summed E-state index contributed by atoms with van der Waals surface area (Å²) < 4.78 is 5.49. The van der Waals surface area contributed by atoms with Crippen molar-refractivity contribution in [1.29, 1.82) is 0 Å². The first-order chi connectivity index (χ1) is 12.2. The second kappa shape index (κ2) is 8.97. The van der Waals surface area contributed by atoms with Crippen LogP contribution in [0.2, 0.25) is 0 Å². The molecular weight excluding hydrogens is 318 g/mol. The van der Waals surface area contributed by atoms with Gasteiger partial charge in [-0.2, -0.15) is 0 Å². The van der Waals surface area contributed by atoms with Gasteiger partial charge in [-0.15, -0.1) is 0 Å². The van der Waals surface area contributed by atoms with Crippen LogP contribution >= 0.6 is 0 Å². The lowest BCUT2D eigenvalue weighted by Gasteiger charge is -2.39. The highest BCUT2D eigenvalue weighted by atomic mass is 16.5. The number of hydrogen-bond donors (Lipinski definition) is 2. The predicted molar refractivity (Wildman–Crippen MR) is 96.2 cm³/mol. The maximum Gasteiger partial charge on any atom is 0.239 e. The van der Waals surface area contributed by atoms with Crippen molar-refractivity contribution in [2.24, 2.45) is 5.92 Å². The molecule has 136 valence electrons. The smallest absolute Gasteiger partial charge is 0.239 e. The largest absolute Gasteiger partial charge is 0.378 e. The lowest BCUT2D eigenvalue weighted by molar-refractivity contribution is -0.133. The van der Waals surface area contributed by atoms with Gasteiger partial charge in [-0.3, -0.25) is 14.5 Å². The van der Waals surface area contributed by atoms with Crippen LogP contribution in [-0.4, -0.2) is 55.6 Å². The molecule has 1 saturated heterocycles. The summed E-state index contributed by atoms with van der Waals surface area (Å²) in [6.07, 6.45) is 4.11. The van der Waals surface area contributed by atoms with Gasteiger partial charge in [-0.1, -0.05) is 24.6 Å². The molecule has 6 heteroatoms. The number of ether oxygens (including phenoxy) is 1. The molecule has 25 heavy (non-hydrogen) atoms. The van der Waals surface area contributed by atoms with Crippen molar-refractivity contribution >= 4 is 17.5 Å². The van der Waals surface area contributed by atoms with Crippen LogP contribution in [0, 0.1) is 5.92 Å². The molecule has 1 aliphatic carbocycles. The number of hydrogen-bond acceptors (Lipinski definition) is 4.